The van der Waals surface area contributed by atoms with E-state index in [0.717, 1.165) is 51.3 Å². The van der Waals surface area contributed by atoms with Gasteiger partial charge in [0.2, 0.25) is 0 Å². The summed E-state index contributed by atoms with van der Waals surface area (Å²) in [5, 5.41) is 7.95. The molecule has 0 bridgehead atoms. The van der Waals surface area contributed by atoms with Crippen LogP contribution in [0.1, 0.15) is 38.2 Å². The minimum Gasteiger partial charge on any atom is -0.469 e. The van der Waals surface area contributed by atoms with Gasteiger partial charge < -0.3 is 20.4 Å². The largest absolute Gasteiger partial charge is 0.469 e. The van der Waals surface area contributed by atoms with Crippen molar-refractivity contribution < 1.29 is 9.53 Å². The Kier molecular flexibility index (Phi) is 11.6. The fourth-order valence-electron chi connectivity index (χ4n) is 2.85. The molecule has 0 unspecified atom stereocenters. The van der Waals surface area contributed by atoms with Gasteiger partial charge in [-0.1, -0.05) is 24.6 Å². The zero-order valence-corrected chi connectivity index (χ0v) is 18.5. The molecule has 2 aromatic rings. The van der Waals surface area contributed by atoms with Crippen LogP contribution >= 0.6 is 24.0 Å². The second-order valence-electron chi connectivity index (χ2n) is 6.18. The van der Waals surface area contributed by atoms with Crippen LogP contribution in [0.5, 0.6) is 0 Å². The number of rotatable bonds is 10. The zero-order chi connectivity index (χ0) is 18.6. The fraction of sp³-hybridized carbons (Fsp3) is 0.500. The number of aliphatic imine (C=N–C) groups is 1. The number of esters is 1. The van der Waals surface area contributed by atoms with Crippen LogP contribution < -0.4 is 10.6 Å². The fourth-order valence-corrected chi connectivity index (χ4v) is 2.85. The van der Waals surface area contributed by atoms with Gasteiger partial charge in [-0.25, -0.2) is 0 Å². The highest BCUT2D eigenvalue weighted by Crippen LogP contribution is 2.17. The molecule has 0 saturated heterocycles. The lowest BCUT2D eigenvalue weighted by atomic mass is 10.1. The number of benzene rings is 1. The molecule has 1 aromatic heterocycles. The van der Waals surface area contributed by atoms with Crippen LogP contribution in [0.3, 0.4) is 0 Å². The third-order valence-electron chi connectivity index (χ3n) is 4.24. The van der Waals surface area contributed by atoms with Gasteiger partial charge in [0.25, 0.3) is 0 Å². The van der Waals surface area contributed by atoms with Crippen molar-refractivity contribution in [1.29, 1.82) is 0 Å². The monoisotopic (exact) mass is 486 g/mol. The van der Waals surface area contributed by atoms with Crippen molar-refractivity contribution in [1.82, 2.24) is 15.6 Å². The zero-order valence-electron chi connectivity index (χ0n) is 16.2. The van der Waals surface area contributed by atoms with E-state index in [2.05, 4.69) is 56.7 Å². The number of nitrogens with zero attached hydrogens (tertiary/aromatic N) is 1. The summed E-state index contributed by atoms with van der Waals surface area (Å²) >= 11 is 0. The Morgan fingerprint density at radius 1 is 1.19 bits per heavy atom. The maximum absolute atomic E-state index is 11.1. The van der Waals surface area contributed by atoms with Crippen LogP contribution in [0.2, 0.25) is 0 Å². The SMILES string of the molecule is CCNC(=NCCCCCC(=O)OC)NCCc1c[nH]c2ccccc12.I. The number of guanidine groups is 1. The number of nitrogens with one attached hydrogen (secondary N) is 3. The molecule has 0 fully saturated rings. The molecule has 1 aromatic carbocycles. The number of carbonyl (C=O) groups is 1. The standard InChI is InChI=1S/C20H30N4O2.HI/c1-3-21-20(22-13-8-4-5-11-19(25)26-2)23-14-12-16-15-24-18-10-7-6-9-17(16)18;/h6-7,9-10,15,24H,3-5,8,11-14H2,1-2H3,(H2,21,22,23);1H. The van der Waals surface area contributed by atoms with Gasteiger partial charge in [-0.3, -0.25) is 9.79 Å². The average molecular weight is 486 g/mol. The van der Waals surface area contributed by atoms with Crippen molar-refractivity contribution in [3.05, 3.63) is 36.0 Å². The van der Waals surface area contributed by atoms with Gasteiger partial charge in [0.1, 0.15) is 0 Å². The van der Waals surface area contributed by atoms with Crippen LogP contribution in [0.25, 0.3) is 10.9 Å². The molecule has 0 spiro atoms. The number of aromatic amines is 1. The second-order valence-corrected chi connectivity index (χ2v) is 6.18. The Bertz CT molecular complexity index is 715. The minimum atomic E-state index is -0.138. The maximum atomic E-state index is 11.1. The third-order valence-corrected chi connectivity index (χ3v) is 4.24. The van der Waals surface area contributed by atoms with E-state index in [-0.39, 0.29) is 29.9 Å². The summed E-state index contributed by atoms with van der Waals surface area (Å²) in [6.07, 6.45) is 6.31. The van der Waals surface area contributed by atoms with E-state index in [4.69, 9.17) is 0 Å². The third kappa shape index (κ3) is 8.19. The molecule has 0 amide bonds. The lowest BCUT2D eigenvalue weighted by Gasteiger charge is -2.11. The van der Waals surface area contributed by atoms with E-state index < -0.39 is 0 Å². The molecule has 0 aliphatic heterocycles. The predicted octanol–water partition coefficient (Wildman–Crippen LogP) is 3.62. The molecule has 0 aliphatic rings. The first-order valence-corrected chi connectivity index (χ1v) is 9.38. The number of carbonyl (C=O) groups excluding carboxylic acids is 1. The molecule has 27 heavy (non-hydrogen) atoms. The molecule has 0 saturated carbocycles. The highest BCUT2D eigenvalue weighted by molar-refractivity contribution is 14.0. The quantitative estimate of drug-likeness (QED) is 0.158. The second kappa shape index (κ2) is 13.4. The smallest absolute Gasteiger partial charge is 0.305 e. The number of aromatic nitrogens is 1. The summed E-state index contributed by atoms with van der Waals surface area (Å²) in [6.45, 7) is 4.48. The topological polar surface area (TPSA) is 78.5 Å². The summed E-state index contributed by atoms with van der Waals surface area (Å²) in [4.78, 5) is 19.0. The van der Waals surface area contributed by atoms with Gasteiger partial charge in [0.15, 0.2) is 5.96 Å². The van der Waals surface area contributed by atoms with Crippen molar-refractivity contribution in [3.63, 3.8) is 0 Å². The van der Waals surface area contributed by atoms with E-state index in [1.54, 1.807) is 0 Å². The predicted molar refractivity (Wildman–Crippen MR) is 122 cm³/mol. The molecule has 0 aliphatic carbocycles. The number of fused-ring (bicyclic) bond motifs is 1. The number of halogens is 1. The number of ether oxygens (including phenoxy) is 1. The molecule has 6 nitrogen and oxygen atoms in total. The molecule has 2 rings (SSSR count). The average Bonchev–Trinajstić information content (AvgIpc) is 3.07. The summed E-state index contributed by atoms with van der Waals surface area (Å²) in [5.74, 6) is 0.709. The number of hydrogen-bond donors (Lipinski definition) is 3. The van der Waals surface area contributed by atoms with E-state index in [9.17, 15) is 4.79 Å². The first kappa shape index (κ1) is 23.3. The summed E-state index contributed by atoms with van der Waals surface area (Å²) in [6, 6.07) is 8.35. The summed E-state index contributed by atoms with van der Waals surface area (Å²) in [5.41, 5.74) is 2.49. The summed E-state index contributed by atoms with van der Waals surface area (Å²) < 4.78 is 4.64. The molecule has 7 heteroatoms. The molecule has 150 valence electrons. The van der Waals surface area contributed by atoms with Crippen LogP contribution in [0.15, 0.2) is 35.5 Å². The molecule has 0 radical (unpaired) electrons. The van der Waals surface area contributed by atoms with Gasteiger partial charge in [-0.05, 0) is 37.8 Å². The van der Waals surface area contributed by atoms with Gasteiger partial charge in [0, 0.05) is 43.2 Å². The Morgan fingerprint density at radius 2 is 2.00 bits per heavy atom. The van der Waals surface area contributed by atoms with Gasteiger partial charge >= 0.3 is 5.97 Å². The molecule has 3 N–H and O–H groups in total. The van der Waals surface area contributed by atoms with Crippen molar-refractivity contribution in [2.45, 2.75) is 39.0 Å². The van der Waals surface area contributed by atoms with Gasteiger partial charge in [-0.2, -0.15) is 0 Å². The Labute approximate surface area is 178 Å². The highest BCUT2D eigenvalue weighted by atomic mass is 127. The maximum Gasteiger partial charge on any atom is 0.305 e. The minimum absolute atomic E-state index is 0. The van der Waals surface area contributed by atoms with E-state index >= 15 is 0 Å². The van der Waals surface area contributed by atoms with Crippen molar-refractivity contribution >= 4 is 46.8 Å². The Hall–Kier alpha value is -1.77. The van der Waals surface area contributed by atoms with Crippen molar-refractivity contribution in [3.8, 4) is 0 Å². The Morgan fingerprint density at radius 3 is 2.78 bits per heavy atom. The van der Waals surface area contributed by atoms with Gasteiger partial charge in [-0.15, -0.1) is 24.0 Å². The number of para-hydroxylation sites is 1. The molecule has 0 atom stereocenters. The van der Waals surface area contributed by atoms with E-state index in [1.807, 2.05) is 6.07 Å². The highest BCUT2D eigenvalue weighted by Gasteiger charge is 2.03. The van der Waals surface area contributed by atoms with E-state index in [1.165, 1.54) is 23.6 Å². The number of unbranched alkanes of at least 4 members (excludes halogenated alkanes) is 2. The number of methoxy groups -OCH3 is 1. The van der Waals surface area contributed by atoms with Crippen molar-refractivity contribution in [2.75, 3.05) is 26.7 Å². The first-order chi connectivity index (χ1) is 12.7. The molecular weight excluding hydrogens is 455 g/mol. The Balaban J connectivity index is 0.00000364. The lowest BCUT2D eigenvalue weighted by molar-refractivity contribution is -0.140. The van der Waals surface area contributed by atoms with Crippen LogP contribution in [-0.4, -0.2) is 43.7 Å². The number of H-pyrrole nitrogens is 1. The van der Waals surface area contributed by atoms with Gasteiger partial charge in [0.05, 0.1) is 7.11 Å². The summed E-state index contributed by atoms with van der Waals surface area (Å²) in [7, 11) is 1.43. The molecular formula is C20H31IN4O2. The molecule has 1 heterocycles. The normalized spacial score (nSPS) is 11.1. The number of hydrogen-bond acceptors (Lipinski definition) is 3. The van der Waals surface area contributed by atoms with Crippen LogP contribution in [0.4, 0.5) is 0 Å². The first-order valence-electron chi connectivity index (χ1n) is 9.38. The van der Waals surface area contributed by atoms with E-state index in [0.29, 0.717) is 6.42 Å². The van der Waals surface area contributed by atoms with Crippen LogP contribution in [0, 0.1) is 0 Å². The lowest BCUT2D eigenvalue weighted by Crippen LogP contribution is -2.38. The van der Waals surface area contributed by atoms with Crippen molar-refractivity contribution in [2.24, 2.45) is 4.99 Å². The van der Waals surface area contributed by atoms with Crippen LogP contribution in [-0.2, 0) is 16.0 Å².